The molecular weight excluding hydrogens is 276 g/mol. The number of halogens is 2. The van der Waals surface area contributed by atoms with Gasteiger partial charge < -0.3 is 15.3 Å². The molecule has 2 N–H and O–H groups in total. The van der Waals surface area contributed by atoms with E-state index in [1.807, 2.05) is 13.8 Å². The summed E-state index contributed by atoms with van der Waals surface area (Å²) in [6, 6.07) is 2.25. The number of aromatic nitrogens is 1. The number of aliphatic hydroxyl groups excluding tert-OH is 1. The van der Waals surface area contributed by atoms with E-state index < -0.39 is 11.6 Å². The van der Waals surface area contributed by atoms with Crippen LogP contribution in [0.25, 0.3) is 10.8 Å². The highest BCUT2D eigenvalue weighted by atomic mass is 19.1. The molecule has 0 fully saturated rings. The van der Waals surface area contributed by atoms with Crippen LogP contribution >= 0.6 is 0 Å². The fourth-order valence-electron chi connectivity index (χ4n) is 2.24. The van der Waals surface area contributed by atoms with Crippen molar-refractivity contribution in [3.05, 3.63) is 30.0 Å². The van der Waals surface area contributed by atoms with Gasteiger partial charge in [0.05, 0.1) is 23.9 Å². The third-order valence-electron chi connectivity index (χ3n) is 3.13. The third-order valence-corrected chi connectivity index (χ3v) is 3.13. The first-order valence-corrected chi connectivity index (χ1v) is 6.80. The summed E-state index contributed by atoms with van der Waals surface area (Å²) in [5, 5.41) is 12.8. The van der Waals surface area contributed by atoms with Gasteiger partial charge in [-0.1, -0.05) is 0 Å². The highest BCUT2D eigenvalue weighted by Crippen LogP contribution is 2.33. The molecule has 0 saturated heterocycles. The number of anilines is 2. The second-order valence-corrected chi connectivity index (χ2v) is 5.25. The van der Waals surface area contributed by atoms with Crippen LogP contribution in [0.2, 0.25) is 0 Å². The van der Waals surface area contributed by atoms with Crippen LogP contribution in [-0.4, -0.2) is 36.3 Å². The average Bonchev–Trinajstić information content (AvgIpc) is 2.39. The number of pyridine rings is 1. The van der Waals surface area contributed by atoms with E-state index in [1.54, 1.807) is 18.1 Å². The van der Waals surface area contributed by atoms with Gasteiger partial charge >= 0.3 is 0 Å². The fourth-order valence-corrected chi connectivity index (χ4v) is 2.24. The fraction of sp³-hybridized carbons (Fsp3) is 0.400. The first-order valence-electron chi connectivity index (χ1n) is 6.80. The maximum Gasteiger partial charge on any atom is 0.139 e. The number of aliphatic hydroxyl groups is 1. The average molecular weight is 295 g/mol. The molecule has 0 bridgehead atoms. The highest BCUT2D eigenvalue weighted by molar-refractivity contribution is 6.00. The summed E-state index contributed by atoms with van der Waals surface area (Å²) < 4.78 is 27.8. The lowest BCUT2D eigenvalue weighted by Crippen LogP contribution is -2.23. The third kappa shape index (κ3) is 3.21. The molecular formula is C15H19F2N3O. The largest absolute Gasteiger partial charge is 0.395 e. The number of nitrogens with zero attached hydrogens (tertiary/aromatic N) is 2. The Morgan fingerprint density at radius 2 is 2.05 bits per heavy atom. The number of hydrogen-bond acceptors (Lipinski definition) is 4. The summed E-state index contributed by atoms with van der Waals surface area (Å²) in [6.07, 6.45) is 1.56. The first-order chi connectivity index (χ1) is 9.93. The molecule has 0 aliphatic heterocycles. The van der Waals surface area contributed by atoms with Crippen LogP contribution in [0.3, 0.4) is 0 Å². The van der Waals surface area contributed by atoms with Crippen molar-refractivity contribution in [3.63, 3.8) is 0 Å². The first kappa shape index (κ1) is 15.4. The molecule has 1 aromatic heterocycles. The molecule has 0 atom stereocenters. The number of fused-ring (bicyclic) bond motifs is 1. The Hall–Kier alpha value is -1.95. The number of nitrogens with one attached hydrogen (secondary N) is 1. The van der Waals surface area contributed by atoms with E-state index >= 15 is 0 Å². The van der Waals surface area contributed by atoms with E-state index in [2.05, 4.69) is 10.3 Å². The van der Waals surface area contributed by atoms with E-state index in [0.717, 1.165) is 6.07 Å². The second kappa shape index (κ2) is 6.22. The standard InChI is InChI=1S/C15H19F2N3O/c1-9(2)19-13-8-18-15(20(3)4-5-21)14-11(13)6-10(16)7-12(14)17/h6-9,19,21H,4-5H2,1-3H3. The Morgan fingerprint density at radius 3 is 2.67 bits per heavy atom. The Balaban J connectivity index is 2.68. The molecule has 2 aromatic rings. The van der Waals surface area contributed by atoms with Gasteiger partial charge in [0.25, 0.3) is 0 Å². The molecule has 0 saturated carbocycles. The molecule has 6 heteroatoms. The van der Waals surface area contributed by atoms with Gasteiger partial charge in [-0.05, 0) is 19.9 Å². The lowest BCUT2D eigenvalue weighted by molar-refractivity contribution is 0.304. The van der Waals surface area contributed by atoms with Crippen LogP contribution in [0.4, 0.5) is 20.3 Å². The van der Waals surface area contributed by atoms with E-state index in [9.17, 15) is 8.78 Å². The zero-order valence-electron chi connectivity index (χ0n) is 12.3. The van der Waals surface area contributed by atoms with Crippen molar-refractivity contribution in [1.29, 1.82) is 0 Å². The van der Waals surface area contributed by atoms with Gasteiger partial charge in [0.1, 0.15) is 17.5 Å². The lowest BCUT2D eigenvalue weighted by atomic mass is 10.1. The SMILES string of the molecule is CC(C)Nc1cnc(N(C)CCO)c2c(F)cc(F)cc12. The molecule has 0 radical (unpaired) electrons. The van der Waals surface area contributed by atoms with Crippen LogP contribution < -0.4 is 10.2 Å². The van der Waals surface area contributed by atoms with Crippen molar-refractivity contribution in [2.45, 2.75) is 19.9 Å². The smallest absolute Gasteiger partial charge is 0.139 e. The van der Waals surface area contributed by atoms with E-state index in [0.29, 0.717) is 23.4 Å². The lowest BCUT2D eigenvalue weighted by Gasteiger charge is -2.21. The van der Waals surface area contributed by atoms with Crippen LogP contribution in [0.1, 0.15) is 13.8 Å². The predicted octanol–water partition coefficient (Wildman–Crippen LogP) is 2.76. The minimum absolute atomic E-state index is 0.0749. The number of likely N-dealkylation sites (N-methyl/N-ethyl adjacent to an activating group) is 1. The zero-order chi connectivity index (χ0) is 15.6. The van der Waals surface area contributed by atoms with Gasteiger partial charge in [-0.25, -0.2) is 13.8 Å². The van der Waals surface area contributed by atoms with E-state index in [4.69, 9.17) is 5.11 Å². The summed E-state index contributed by atoms with van der Waals surface area (Å²) in [5.74, 6) is -0.913. The topological polar surface area (TPSA) is 48.4 Å². The quantitative estimate of drug-likeness (QED) is 0.890. The number of hydrogen-bond donors (Lipinski definition) is 2. The normalized spacial score (nSPS) is 11.2. The van der Waals surface area contributed by atoms with Gasteiger partial charge in [-0.2, -0.15) is 0 Å². The summed E-state index contributed by atoms with van der Waals surface area (Å²) in [6.45, 7) is 4.12. The van der Waals surface area contributed by atoms with Crippen molar-refractivity contribution >= 4 is 22.3 Å². The Kier molecular flexibility index (Phi) is 4.57. The van der Waals surface area contributed by atoms with Gasteiger partial charge in [-0.3, -0.25) is 0 Å². The highest BCUT2D eigenvalue weighted by Gasteiger charge is 2.16. The molecule has 0 aliphatic carbocycles. The summed E-state index contributed by atoms with van der Waals surface area (Å²) in [7, 11) is 1.70. The van der Waals surface area contributed by atoms with Crippen molar-refractivity contribution in [1.82, 2.24) is 4.98 Å². The molecule has 1 heterocycles. The van der Waals surface area contributed by atoms with E-state index in [1.165, 1.54) is 6.07 Å². The molecule has 0 aliphatic rings. The van der Waals surface area contributed by atoms with Crippen LogP contribution in [0.15, 0.2) is 18.3 Å². The zero-order valence-corrected chi connectivity index (χ0v) is 12.3. The monoisotopic (exact) mass is 295 g/mol. The van der Waals surface area contributed by atoms with Gasteiger partial charge in [0.2, 0.25) is 0 Å². The summed E-state index contributed by atoms with van der Waals surface area (Å²) >= 11 is 0. The molecule has 1 aromatic carbocycles. The minimum Gasteiger partial charge on any atom is -0.395 e. The summed E-state index contributed by atoms with van der Waals surface area (Å²) in [4.78, 5) is 5.90. The molecule has 21 heavy (non-hydrogen) atoms. The summed E-state index contributed by atoms with van der Waals surface area (Å²) in [5.41, 5.74) is 0.583. The maximum absolute atomic E-state index is 14.2. The van der Waals surface area contributed by atoms with Crippen LogP contribution in [0.5, 0.6) is 0 Å². The van der Waals surface area contributed by atoms with Crippen LogP contribution in [0, 0.1) is 11.6 Å². The predicted molar refractivity (Wildman–Crippen MR) is 80.8 cm³/mol. The Bertz CT molecular complexity index is 646. The van der Waals surface area contributed by atoms with Crippen molar-refractivity contribution in [2.24, 2.45) is 0 Å². The molecule has 0 amide bonds. The second-order valence-electron chi connectivity index (χ2n) is 5.25. The van der Waals surface area contributed by atoms with Gasteiger partial charge in [-0.15, -0.1) is 0 Å². The Labute approximate surface area is 122 Å². The van der Waals surface area contributed by atoms with Crippen molar-refractivity contribution in [2.75, 3.05) is 30.4 Å². The van der Waals surface area contributed by atoms with Gasteiger partial charge in [0.15, 0.2) is 0 Å². The number of benzene rings is 1. The molecule has 114 valence electrons. The van der Waals surface area contributed by atoms with E-state index in [-0.39, 0.29) is 18.0 Å². The van der Waals surface area contributed by atoms with Crippen LogP contribution in [-0.2, 0) is 0 Å². The molecule has 0 spiro atoms. The minimum atomic E-state index is -0.662. The molecule has 2 rings (SSSR count). The maximum atomic E-state index is 14.2. The number of rotatable bonds is 5. The van der Waals surface area contributed by atoms with Gasteiger partial charge in [0, 0.05) is 31.1 Å². The Morgan fingerprint density at radius 1 is 1.33 bits per heavy atom. The molecule has 0 unspecified atom stereocenters. The van der Waals surface area contributed by atoms with Crippen molar-refractivity contribution < 1.29 is 13.9 Å². The molecule has 4 nitrogen and oxygen atoms in total. The van der Waals surface area contributed by atoms with Crippen molar-refractivity contribution in [3.8, 4) is 0 Å².